The lowest BCUT2D eigenvalue weighted by Crippen LogP contribution is -2.61. The average Bonchev–Trinajstić information content (AvgIpc) is 3.16. The van der Waals surface area contributed by atoms with Gasteiger partial charge in [0.2, 0.25) is 5.91 Å². The predicted molar refractivity (Wildman–Crippen MR) is 99.5 cm³/mol. The van der Waals surface area contributed by atoms with Crippen LogP contribution in [0.5, 0.6) is 0 Å². The number of amides is 2. The van der Waals surface area contributed by atoms with Crippen LogP contribution in [0.15, 0.2) is 10.5 Å². The van der Waals surface area contributed by atoms with Crippen molar-refractivity contribution >= 4 is 11.8 Å². The molecule has 0 unspecified atom stereocenters. The van der Waals surface area contributed by atoms with Crippen molar-refractivity contribution in [1.82, 2.24) is 15.5 Å². The van der Waals surface area contributed by atoms with Crippen molar-refractivity contribution in [3.05, 3.63) is 23.2 Å². The Bertz CT molecular complexity index is 770. The molecule has 0 aromatic carbocycles. The molecule has 7 heteroatoms. The number of carbonyl (C=O) groups is 2. The number of ether oxygens (including phenoxy) is 1. The van der Waals surface area contributed by atoms with E-state index in [0.717, 1.165) is 37.3 Å². The maximum atomic E-state index is 13.1. The van der Waals surface area contributed by atoms with Crippen LogP contribution < -0.4 is 10.6 Å². The quantitative estimate of drug-likeness (QED) is 0.831. The van der Waals surface area contributed by atoms with Gasteiger partial charge in [0, 0.05) is 26.2 Å². The van der Waals surface area contributed by atoms with Crippen LogP contribution in [-0.2, 0) is 9.53 Å². The van der Waals surface area contributed by atoms with Gasteiger partial charge in [-0.2, -0.15) is 0 Å². The fraction of sp³-hybridized carbons (Fsp3) is 0.700. The third-order valence-electron chi connectivity index (χ3n) is 6.58. The molecule has 0 radical (unpaired) electrons. The van der Waals surface area contributed by atoms with Crippen molar-refractivity contribution < 1.29 is 18.7 Å². The smallest absolute Gasteiger partial charge is 0.287 e. The molecule has 27 heavy (non-hydrogen) atoms. The molecular weight excluding hydrogens is 346 g/mol. The highest BCUT2D eigenvalue weighted by atomic mass is 16.5. The van der Waals surface area contributed by atoms with Crippen molar-refractivity contribution in [3.8, 4) is 0 Å². The van der Waals surface area contributed by atoms with Crippen LogP contribution >= 0.6 is 0 Å². The zero-order valence-corrected chi connectivity index (χ0v) is 16.6. The predicted octanol–water partition coefficient (Wildman–Crippen LogP) is 1.39. The number of nitrogens with one attached hydrogen (secondary N) is 2. The Morgan fingerprint density at radius 2 is 1.89 bits per heavy atom. The molecule has 0 atom stereocenters. The highest BCUT2D eigenvalue weighted by molar-refractivity contribution is 5.93. The van der Waals surface area contributed by atoms with E-state index in [-0.39, 0.29) is 11.8 Å². The van der Waals surface area contributed by atoms with E-state index in [1.165, 1.54) is 0 Å². The number of carbonyl (C=O) groups excluding carboxylic acids is 2. The highest BCUT2D eigenvalue weighted by Gasteiger charge is 2.77. The van der Waals surface area contributed by atoms with Crippen LogP contribution in [0.25, 0.3) is 0 Å². The standard InChI is InChI=1S/C20H29N3O4/c1-13-9-14(2)26-15(13)16(24)22-12-18-10-19(11-18,17(25)23(3)4)20(27-18)5-7-21-8-6-20/h9,21H,5-8,10-12H2,1-4H3,(H,22,24). The molecule has 1 spiro atoms. The highest BCUT2D eigenvalue weighted by Crippen LogP contribution is 2.69. The number of aryl methyl sites for hydroxylation is 2. The largest absolute Gasteiger partial charge is 0.456 e. The van der Waals surface area contributed by atoms with E-state index in [0.29, 0.717) is 25.1 Å². The molecule has 7 nitrogen and oxygen atoms in total. The Labute approximate surface area is 159 Å². The first-order chi connectivity index (χ1) is 12.7. The zero-order valence-electron chi connectivity index (χ0n) is 16.6. The van der Waals surface area contributed by atoms with Gasteiger partial charge in [-0.1, -0.05) is 0 Å². The Morgan fingerprint density at radius 3 is 2.44 bits per heavy atom. The van der Waals surface area contributed by atoms with Crippen molar-refractivity contribution in [2.24, 2.45) is 5.41 Å². The minimum atomic E-state index is -0.458. The molecule has 1 aromatic heterocycles. The van der Waals surface area contributed by atoms with Crippen LogP contribution in [0.4, 0.5) is 0 Å². The van der Waals surface area contributed by atoms with Crippen LogP contribution in [0.1, 0.15) is 47.6 Å². The molecule has 3 aliphatic heterocycles. The van der Waals surface area contributed by atoms with Crippen molar-refractivity contribution in [3.63, 3.8) is 0 Å². The van der Waals surface area contributed by atoms with Crippen molar-refractivity contribution in [1.29, 1.82) is 0 Å². The SMILES string of the molecule is Cc1cc(C)c(C(=O)NCC23CC(C(=O)N(C)C)(C2)C2(CCNCC2)O3)o1. The Kier molecular flexibility index (Phi) is 4.16. The maximum Gasteiger partial charge on any atom is 0.287 e. The van der Waals surface area contributed by atoms with Gasteiger partial charge >= 0.3 is 0 Å². The van der Waals surface area contributed by atoms with E-state index >= 15 is 0 Å². The third kappa shape index (κ3) is 2.63. The third-order valence-corrected chi connectivity index (χ3v) is 6.58. The maximum absolute atomic E-state index is 13.1. The lowest BCUT2D eigenvalue weighted by Gasteiger charge is -2.49. The van der Waals surface area contributed by atoms with Crippen LogP contribution in [0, 0.1) is 19.3 Å². The summed E-state index contributed by atoms with van der Waals surface area (Å²) in [6, 6.07) is 1.85. The van der Waals surface area contributed by atoms with Crippen LogP contribution in [-0.4, -0.2) is 61.6 Å². The van der Waals surface area contributed by atoms with E-state index < -0.39 is 16.6 Å². The number of furan rings is 1. The second kappa shape index (κ2) is 6.07. The number of hydrogen-bond acceptors (Lipinski definition) is 5. The van der Waals surface area contributed by atoms with Crippen LogP contribution in [0.2, 0.25) is 0 Å². The molecular formula is C20H29N3O4. The van der Waals surface area contributed by atoms with Gasteiger partial charge in [-0.3, -0.25) is 9.59 Å². The summed E-state index contributed by atoms with van der Waals surface area (Å²) in [5.74, 6) is 1.01. The first kappa shape index (κ1) is 18.5. The number of piperidine rings is 1. The molecule has 2 amide bonds. The molecule has 1 aromatic rings. The molecule has 148 valence electrons. The van der Waals surface area contributed by atoms with E-state index in [1.807, 2.05) is 34.0 Å². The van der Waals surface area contributed by atoms with E-state index in [2.05, 4.69) is 10.6 Å². The lowest BCUT2D eigenvalue weighted by atomic mass is 9.53. The lowest BCUT2D eigenvalue weighted by molar-refractivity contribution is -0.149. The first-order valence-corrected chi connectivity index (χ1v) is 9.71. The summed E-state index contributed by atoms with van der Waals surface area (Å²) in [6.07, 6.45) is 3.01. The van der Waals surface area contributed by atoms with Gasteiger partial charge in [0.1, 0.15) is 5.76 Å². The van der Waals surface area contributed by atoms with E-state index in [9.17, 15) is 9.59 Å². The summed E-state index contributed by atoms with van der Waals surface area (Å²) in [5.41, 5.74) is -0.494. The molecule has 3 saturated heterocycles. The minimum Gasteiger partial charge on any atom is -0.456 e. The summed E-state index contributed by atoms with van der Waals surface area (Å²) < 4.78 is 12.1. The fourth-order valence-electron chi connectivity index (χ4n) is 5.49. The molecule has 4 aliphatic rings. The van der Waals surface area contributed by atoms with Crippen molar-refractivity contribution in [2.75, 3.05) is 33.7 Å². The molecule has 4 fully saturated rings. The second-order valence-corrected chi connectivity index (χ2v) is 8.72. The summed E-state index contributed by atoms with van der Waals surface area (Å²) in [6.45, 7) is 5.81. The normalized spacial score (nSPS) is 30.8. The number of nitrogens with zero attached hydrogens (tertiary/aromatic N) is 1. The van der Waals surface area contributed by atoms with Gasteiger partial charge in [-0.25, -0.2) is 0 Å². The summed E-state index contributed by atoms with van der Waals surface area (Å²) in [4.78, 5) is 27.3. The Hall–Kier alpha value is -1.86. The van der Waals surface area contributed by atoms with Gasteiger partial charge in [0.25, 0.3) is 5.91 Å². The number of rotatable bonds is 4. The van der Waals surface area contributed by atoms with Crippen LogP contribution in [0.3, 0.4) is 0 Å². The molecule has 1 aliphatic carbocycles. The zero-order chi connectivity index (χ0) is 19.4. The monoisotopic (exact) mass is 375 g/mol. The average molecular weight is 375 g/mol. The van der Waals surface area contributed by atoms with Gasteiger partial charge in [-0.15, -0.1) is 0 Å². The van der Waals surface area contributed by atoms with E-state index in [4.69, 9.17) is 9.15 Å². The summed E-state index contributed by atoms with van der Waals surface area (Å²) in [5, 5.41) is 6.35. The molecule has 2 bridgehead atoms. The van der Waals surface area contributed by atoms with Gasteiger partial charge in [-0.05, 0) is 58.7 Å². The minimum absolute atomic E-state index is 0.154. The molecule has 2 N–H and O–H groups in total. The summed E-state index contributed by atoms with van der Waals surface area (Å²) >= 11 is 0. The molecule has 4 heterocycles. The Balaban J connectivity index is 1.51. The van der Waals surface area contributed by atoms with Gasteiger partial charge in [0.15, 0.2) is 5.76 Å². The Morgan fingerprint density at radius 1 is 1.22 bits per heavy atom. The summed E-state index contributed by atoms with van der Waals surface area (Å²) in [7, 11) is 3.63. The fourth-order valence-corrected chi connectivity index (χ4v) is 5.49. The van der Waals surface area contributed by atoms with Gasteiger partial charge < -0.3 is 24.7 Å². The molecule has 1 saturated carbocycles. The first-order valence-electron chi connectivity index (χ1n) is 9.71. The second-order valence-electron chi connectivity index (χ2n) is 8.72. The van der Waals surface area contributed by atoms with E-state index in [1.54, 1.807) is 4.90 Å². The molecule has 5 rings (SSSR count). The van der Waals surface area contributed by atoms with Gasteiger partial charge in [0.05, 0.1) is 16.6 Å². The van der Waals surface area contributed by atoms with Crippen molar-refractivity contribution in [2.45, 2.75) is 50.7 Å². The number of hydrogen-bond donors (Lipinski definition) is 2. The topological polar surface area (TPSA) is 83.8 Å².